The van der Waals surface area contributed by atoms with Gasteiger partial charge in [-0.2, -0.15) is 0 Å². The van der Waals surface area contributed by atoms with E-state index in [1.54, 1.807) is 0 Å². The van der Waals surface area contributed by atoms with Gasteiger partial charge in [0.15, 0.2) is 0 Å². The van der Waals surface area contributed by atoms with Crippen LogP contribution in [0.1, 0.15) is 13.8 Å². The molecule has 2 rings (SSSR count). The van der Waals surface area contributed by atoms with Crippen LogP contribution in [0.5, 0.6) is 0 Å². The molecule has 0 bridgehead atoms. The lowest BCUT2D eigenvalue weighted by molar-refractivity contribution is -0.00900. The average Bonchev–Trinajstić information content (AvgIpc) is 2.47. The molecule has 0 radical (unpaired) electrons. The number of hydrogen-bond donors (Lipinski definition) is 1. The zero-order chi connectivity index (χ0) is 14.4. The van der Waals surface area contributed by atoms with Gasteiger partial charge >= 0.3 is 0 Å². The summed E-state index contributed by atoms with van der Waals surface area (Å²) in [5.74, 6) is 1.04. The maximum absolute atomic E-state index is 9.94. The van der Waals surface area contributed by atoms with Crippen molar-refractivity contribution < 1.29 is 9.84 Å². The fourth-order valence-corrected chi connectivity index (χ4v) is 2.35. The van der Waals surface area contributed by atoms with E-state index < -0.39 is 6.10 Å². The molecule has 1 fully saturated rings. The minimum atomic E-state index is -0.404. The molecular formula is C15H27Cl2N3O2. The zero-order valence-electron chi connectivity index (χ0n) is 13.2. The molecule has 1 atom stereocenters. The number of aromatic nitrogens is 1. The van der Waals surface area contributed by atoms with Crippen LogP contribution in [0, 0.1) is 0 Å². The van der Waals surface area contributed by atoms with Crippen molar-refractivity contribution in [2.24, 2.45) is 0 Å². The lowest BCUT2D eigenvalue weighted by Gasteiger charge is -2.36. The fourth-order valence-electron chi connectivity index (χ4n) is 2.35. The lowest BCUT2D eigenvalue weighted by atomic mass is 10.2. The third-order valence-electron chi connectivity index (χ3n) is 3.44. The Balaban J connectivity index is 0.00000220. The Morgan fingerprint density at radius 1 is 1.18 bits per heavy atom. The first-order valence-electron chi connectivity index (χ1n) is 7.33. The molecule has 1 N–H and O–H groups in total. The maximum atomic E-state index is 9.94. The van der Waals surface area contributed by atoms with Gasteiger partial charge in [-0.3, -0.25) is 4.90 Å². The van der Waals surface area contributed by atoms with Crippen molar-refractivity contribution >= 4 is 30.6 Å². The zero-order valence-corrected chi connectivity index (χ0v) is 14.9. The molecule has 128 valence electrons. The predicted molar refractivity (Wildman–Crippen MR) is 94.5 cm³/mol. The van der Waals surface area contributed by atoms with Crippen LogP contribution in [0.15, 0.2) is 24.4 Å². The minimum Gasteiger partial charge on any atom is -0.389 e. The normalized spacial score (nSPS) is 16.8. The molecule has 0 aromatic carbocycles. The highest BCUT2D eigenvalue weighted by Crippen LogP contribution is 2.12. The van der Waals surface area contributed by atoms with Crippen LogP contribution in [0.4, 0.5) is 5.82 Å². The number of pyridine rings is 1. The number of rotatable bonds is 6. The van der Waals surface area contributed by atoms with E-state index in [2.05, 4.69) is 14.8 Å². The molecule has 1 saturated heterocycles. The van der Waals surface area contributed by atoms with Crippen LogP contribution < -0.4 is 4.90 Å². The smallest absolute Gasteiger partial charge is 0.128 e. The van der Waals surface area contributed by atoms with Crippen molar-refractivity contribution in [2.75, 3.05) is 44.2 Å². The van der Waals surface area contributed by atoms with Gasteiger partial charge in [0, 0.05) is 38.9 Å². The molecule has 22 heavy (non-hydrogen) atoms. The third-order valence-corrected chi connectivity index (χ3v) is 3.44. The topological polar surface area (TPSA) is 48.8 Å². The quantitative estimate of drug-likeness (QED) is 0.847. The largest absolute Gasteiger partial charge is 0.389 e. The van der Waals surface area contributed by atoms with E-state index in [9.17, 15) is 5.11 Å². The van der Waals surface area contributed by atoms with Crippen molar-refractivity contribution in [3.8, 4) is 0 Å². The van der Waals surface area contributed by atoms with Gasteiger partial charge in [0.05, 0.1) is 18.8 Å². The Hall–Kier alpha value is -0.590. The molecule has 5 nitrogen and oxygen atoms in total. The maximum Gasteiger partial charge on any atom is 0.128 e. The number of aliphatic hydroxyl groups excluding tert-OH is 1. The van der Waals surface area contributed by atoms with Crippen LogP contribution in [0.3, 0.4) is 0 Å². The van der Waals surface area contributed by atoms with E-state index in [-0.39, 0.29) is 30.9 Å². The van der Waals surface area contributed by atoms with Crippen LogP contribution in [0.25, 0.3) is 0 Å². The van der Waals surface area contributed by atoms with Gasteiger partial charge in [0.25, 0.3) is 0 Å². The summed E-state index contributed by atoms with van der Waals surface area (Å²) in [7, 11) is 0. The molecule has 1 aliphatic heterocycles. The number of piperazine rings is 1. The van der Waals surface area contributed by atoms with E-state index in [4.69, 9.17) is 4.74 Å². The highest BCUT2D eigenvalue weighted by molar-refractivity contribution is 5.85. The Labute approximate surface area is 145 Å². The lowest BCUT2D eigenvalue weighted by Crippen LogP contribution is -2.49. The Morgan fingerprint density at radius 2 is 1.86 bits per heavy atom. The number of nitrogens with zero attached hydrogens (tertiary/aromatic N) is 3. The van der Waals surface area contributed by atoms with Crippen molar-refractivity contribution in [1.29, 1.82) is 0 Å². The van der Waals surface area contributed by atoms with Crippen LogP contribution >= 0.6 is 24.8 Å². The second-order valence-electron chi connectivity index (χ2n) is 5.51. The van der Waals surface area contributed by atoms with Crippen LogP contribution in [0.2, 0.25) is 0 Å². The van der Waals surface area contributed by atoms with Gasteiger partial charge in [0.2, 0.25) is 0 Å². The summed E-state index contributed by atoms with van der Waals surface area (Å²) in [6.07, 6.45) is 1.60. The summed E-state index contributed by atoms with van der Waals surface area (Å²) in [6.45, 7) is 8.88. The summed E-state index contributed by atoms with van der Waals surface area (Å²) in [6, 6.07) is 5.99. The first-order valence-corrected chi connectivity index (χ1v) is 7.33. The van der Waals surface area contributed by atoms with Gasteiger partial charge in [-0.1, -0.05) is 6.07 Å². The first-order chi connectivity index (χ1) is 9.65. The Bertz CT molecular complexity index is 388. The summed E-state index contributed by atoms with van der Waals surface area (Å²) < 4.78 is 5.44. The number of β-amino-alcohol motifs (C(OH)–C–C–N with tert-alkyl or cyclic N) is 1. The van der Waals surface area contributed by atoms with Crippen molar-refractivity contribution in [2.45, 2.75) is 26.1 Å². The molecule has 1 unspecified atom stereocenters. The van der Waals surface area contributed by atoms with Crippen molar-refractivity contribution in [3.63, 3.8) is 0 Å². The summed E-state index contributed by atoms with van der Waals surface area (Å²) in [5, 5.41) is 9.94. The SMILES string of the molecule is CC(C)OCC(O)CN1CCN(c2ccccn2)CC1.Cl.Cl. The first kappa shape index (κ1) is 21.4. The molecular weight excluding hydrogens is 325 g/mol. The van der Waals surface area contributed by atoms with Gasteiger partial charge < -0.3 is 14.7 Å². The summed E-state index contributed by atoms with van der Waals surface area (Å²) >= 11 is 0. The van der Waals surface area contributed by atoms with Crippen molar-refractivity contribution in [3.05, 3.63) is 24.4 Å². The van der Waals surface area contributed by atoms with Crippen LogP contribution in [-0.2, 0) is 4.74 Å². The summed E-state index contributed by atoms with van der Waals surface area (Å²) in [5.41, 5.74) is 0. The predicted octanol–water partition coefficient (Wildman–Crippen LogP) is 1.83. The number of halogens is 2. The monoisotopic (exact) mass is 351 g/mol. The second kappa shape index (κ2) is 11.0. The minimum absolute atomic E-state index is 0. The molecule has 0 saturated carbocycles. The molecule has 0 aliphatic carbocycles. The molecule has 7 heteroatoms. The van der Waals surface area contributed by atoms with E-state index in [0.29, 0.717) is 13.2 Å². The molecule has 2 heterocycles. The van der Waals surface area contributed by atoms with E-state index in [0.717, 1.165) is 32.0 Å². The fraction of sp³-hybridized carbons (Fsp3) is 0.667. The molecule has 1 aromatic rings. The number of aliphatic hydroxyl groups is 1. The molecule has 0 spiro atoms. The third kappa shape index (κ3) is 7.11. The van der Waals surface area contributed by atoms with Gasteiger partial charge in [-0.25, -0.2) is 4.98 Å². The van der Waals surface area contributed by atoms with Gasteiger partial charge in [0.1, 0.15) is 5.82 Å². The van der Waals surface area contributed by atoms with Gasteiger partial charge in [-0.05, 0) is 26.0 Å². The standard InChI is InChI=1S/C15H25N3O2.2ClH/c1-13(2)20-12-14(19)11-17-7-9-18(10-8-17)15-5-3-4-6-16-15;;/h3-6,13-14,19H,7-12H2,1-2H3;2*1H. The van der Waals surface area contributed by atoms with E-state index in [1.165, 1.54) is 0 Å². The summed E-state index contributed by atoms with van der Waals surface area (Å²) in [4.78, 5) is 8.95. The Kier molecular flexibility index (Phi) is 10.7. The second-order valence-corrected chi connectivity index (χ2v) is 5.51. The number of anilines is 1. The van der Waals surface area contributed by atoms with Gasteiger partial charge in [-0.15, -0.1) is 24.8 Å². The highest BCUT2D eigenvalue weighted by atomic mass is 35.5. The highest BCUT2D eigenvalue weighted by Gasteiger charge is 2.20. The Morgan fingerprint density at radius 3 is 2.41 bits per heavy atom. The molecule has 0 amide bonds. The van der Waals surface area contributed by atoms with Crippen LogP contribution in [-0.4, -0.2) is 66.5 Å². The number of ether oxygens (including phenoxy) is 1. The van der Waals surface area contributed by atoms with Crippen molar-refractivity contribution in [1.82, 2.24) is 9.88 Å². The molecule has 1 aromatic heterocycles. The molecule has 1 aliphatic rings. The van der Waals surface area contributed by atoms with E-state index in [1.807, 2.05) is 38.2 Å². The number of hydrogen-bond acceptors (Lipinski definition) is 5. The average molecular weight is 352 g/mol. The van der Waals surface area contributed by atoms with E-state index >= 15 is 0 Å².